The van der Waals surface area contributed by atoms with Crippen molar-refractivity contribution in [2.75, 3.05) is 11.9 Å². The van der Waals surface area contributed by atoms with Crippen LogP contribution in [0.4, 0.5) is 5.13 Å². The van der Waals surface area contributed by atoms with E-state index in [2.05, 4.69) is 25.8 Å². The van der Waals surface area contributed by atoms with Crippen molar-refractivity contribution in [1.82, 2.24) is 20.5 Å². The largest absolute Gasteiger partial charge is 0.312 e. The molecule has 1 aliphatic carbocycles. The van der Waals surface area contributed by atoms with Crippen LogP contribution in [-0.2, 0) is 25.8 Å². The van der Waals surface area contributed by atoms with Gasteiger partial charge in [-0.25, -0.2) is 4.98 Å². The monoisotopic (exact) mass is 331 g/mol. The summed E-state index contributed by atoms with van der Waals surface area (Å²) in [5.74, 6) is -0.159. The van der Waals surface area contributed by atoms with E-state index in [4.69, 9.17) is 0 Å². The smallest absolute Gasteiger partial charge is 0.278 e. The molecular weight excluding hydrogens is 310 g/mol. The number of anilines is 1. The van der Waals surface area contributed by atoms with Gasteiger partial charge >= 0.3 is 0 Å². The Labute approximate surface area is 139 Å². The second kappa shape index (κ2) is 6.41. The van der Waals surface area contributed by atoms with Crippen LogP contribution in [0.2, 0.25) is 0 Å². The van der Waals surface area contributed by atoms with Crippen molar-refractivity contribution in [3.63, 3.8) is 0 Å². The van der Waals surface area contributed by atoms with Crippen molar-refractivity contribution >= 4 is 22.4 Å². The first-order valence-electron chi connectivity index (χ1n) is 8.38. The third-order valence-electron chi connectivity index (χ3n) is 4.59. The van der Waals surface area contributed by atoms with E-state index in [-0.39, 0.29) is 5.91 Å². The molecule has 0 spiro atoms. The Bertz CT molecular complexity index is 695. The second-order valence-electron chi connectivity index (χ2n) is 6.21. The van der Waals surface area contributed by atoms with Crippen LogP contribution in [0, 0.1) is 0 Å². The summed E-state index contributed by atoms with van der Waals surface area (Å²) in [5, 5.41) is 14.1. The lowest BCUT2D eigenvalue weighted by molar-refractivity contribution is 0.102. The Balaban J connectivity index is 1.52. The molecule has 6 nitrogen and oxygen atoms in total. The van der Waals surface area contributed by atoms with Gasteiger partial charge < -0.3 is 5.32 Å². The van der Waals surface area contributed by atoms with Crippen LogP contribution in [0.1, 0.15) is 58.0 Å². The number of rotatable bonds is 2. The second-order valence-corrected chi connectivity index (χ2v) is 7.30. The molecule has 23 heavy (non-hydrogen) atoms. The minimum atomic E-state index is -0.159. The number of aromatic amines is 1. The summed E-state index contributed by atoms with van der Waals surface area (Å²) in [6, 6.07) is 0. The van der Waals surface area contributed by atoms with E-state index in [1.54, 1.807) is 11.3 Å². The Morgan fingerprint density at radius 2 is 2.00 bits per heavy atom. The van der Waals surface area contributed by atoms with Crippen LogP contribution in [0.15, 0.2) is 0 Å². The molecule has 0 saturated heterocycles. The Morgan fingerprint density at radius 3 is 2.91 bits per heavy atom. The number of nitrogens with zero attached hydrogens (tertiary/aromatic N) is 2. The normalized spacial score (nSPS) is 17.7. The summed E-state index contributed by atoms with van der Waals surface area (Å²) in [7, 11) is 0. The van der Waals surface area contributed by atoms with Crippen LogP contribution >= 0.6 is 11.3 Å². The lowest BCUT2D eigenvalue weighted by Crippen LogP contribution is -2.25. The molecule has 0 fully saturated rings. The quantitative estimate of drug-likeness (QED) is 0.789. The fraction of sp³-hybridized carbons (Fsp3) is 0.562. The molecule has 2 aromatic rings. The molecule has 1 amide bonds. The maximum absolute atomic E-state index is 12.5. The zero-order valence-electron chi connectivity index (χ0n) is 13.1. The standard InChI is InChI=1S/C16H21N5OS/c22-15(14-10-9-17-8-7-11(10)20-21-14)19-16-18-12-5-3-1-2-4-6-13(12)23-16/h17H,1-9H2,(H,20,21)(H,18,19,22). The third-order valence-corrected chi connectivity index (χ3v) is 5.66. The predicted octanol–water partition coefficient (Wildman–Crippen LogP) is 2.42. The summed E-state index contributed by atoms with van der Waals surface area (Å²) in [4.78, 5) is 18.5. The number of aromatic nitrogens is 3. The number of hydrogen-bond acceptors (Lipinski definition) is 5. The first kappa shape index (κ1) is 14.8. The molecule has 122 valence electrons. The van der Waals surface area contributed by atoms with Gasteiger partial charge in [-0.15, -0.1) is 11.3 Å². The number of carbonyl (C=O) groups excluding carboxylic acids is 1. The van der Waals surface area contributed by atoms with Crippen LogP contribution in [0.5, 0.6) is 0 Å². The van der Waals surface area contributed by atoms with E-state index in [1.807, 2.05) is 0 Å². The lowest BCUT2D eigenvalue weighted by atomic mass is 10.0. The van der Waals surface area contributed by atoms with Crippen molar-refractivity contribution < 1.29 is 4.79 Å². The SMILES string of the molecule is O=C(Nc1nc2c(s1)CCCCCC2)c1n[nH]c2c1CNCC2. The van der Waals surface area contributed by atoms with E-state index in [9.17, 15) is 4.79 Å². The van der Waals surface area contributed by atoms with E-state index in [1.165, 1.54) is 36.3 Å². The lowest BCUT2D eigenvalue weighted by Gasteiger charge is -2.12. The molecule has 2 aromatic heterocycles. The molecule has 0 bridgehead atoms. The predicted molar refractivity (Wildman–Crippen MR) is 89.9 cm³/mol. The zero-order chi connectivity index (χ0) is 15.6. The molecule has 3 heterocycles. The number of aryl methyl sites for hydroxylation is 2. The van der Waals surface area contributed by atoms with Crippen LogP contribution in [0.25, 0.3) is 0 Å². The summed E-state index contributed by atoms with van der Waals surface area (Å²) < 4.78 is 0. The topological polar surface area (TPSA) is 82.7 Å². The van der Waals surface area contributed by atoms with E-state index >= 15 is 0 Å². The first-order chi connectivity index (χ1) is 11.3. The zero-order valence-corrected chi connectivity index (χ0v) is 13.9. The molecule has 3 N–H and O–H groups in total. The molecule has 0 radical (unpaired) electrons. The highest BCUT2D eigenvalue weighted by Gasteiger charge is 2.23. The van der Waals surface area contributed by atoms with Crippen molar-refractivity contribution in [2.45, 2.75) is 51.5 Å². The number of amides is 1. The molecule has 0 aromatic carbocycles. The number of nitrogens with one attached hydrogen (secondary N) is 3. The molecule has 7 heteroatoms. The van der Waals surface area contributed by atoms with Crippen LogP contribution in [0.3, 0.4) is 0 Å². The summed E-state index contributed by atoms with van der Waals surface area (Å²) in [5.41, 5.74) is 3.73. The van der Waals surface area contributed by atoms with Gasteiger partial charge in [0.1, 0.15) is 0 Å². The van der Waals surface area contributed by atoms with E-state index in [0.717, 1.165) is 37.1 Å². The summed E-state index contributed by atoms with van der Waals surface area (Å²) >= 11 is 1.62. The number of fused-ring (bicyclic) bond motifs is 2. The molecule has 1 aliphatic heterocycles. The molecule has 0 saturated carbocycles. The molecular formula is C16H21N5OS. The minimum absolute atomic E-state index is 0.159. The molecule has 0 atom stereocenters. The molecule has 4 rings (SSSR count). The summed E-state index contributed by atoms with van der Waals surface area (Å²) in [6.07, 6.45) is 8.01. The van der Waals surface area contributed by atoms with Gasteiger partial charge in [-0.3, -0.25) is 15.2 Å². The van der Waals surface area contributed by atoms with Gasteiger partial charge in [0.2, 0.25) is 0 Å². The van der Waals surface area contributed by atoms with Gasteiger partial charge in [0, 0.05) is 35.6 Å². The average molecular weight is 331 g/mol. The van der Waals surface area contributed by atoms with Crippen LogP contribution < -0.4 is 10.6 Å². The molecule has 2 aliphatic rings. The highest BCUT2D eigenvalue weighted by atomic mass is 32.1. The maximum Gasteiger partial charge on any atom is 0.278 e. The highest BCUT2D eigenvalue weighted by Crippen LogP contribution is 2.29. The fourth-order valence-electron chi connectivity index (χ4n) is 3.33. The van der Waals surface area contributed by atoms with E-state index < -0.39 is 0 Å². The fourth-order valence-corrected chi connectivity index (χ4v) is 4.37. The maximum atomic E-state index is 12.5. The average Bonchev–Trinajstić information content (AvgIpc) is 3.11. The van der Waals surface area contributed by atoms with Gasteiger partial charge in [-0.2, -0.15) is 5.10 Å². The Hall–Kier alpha value is -1.73. The van der Waals surface area contributed by atoms with Crippen molar-refractivity contribution in [2.24, 2.45) is 0 Å². The Morgan fingerprint density at radius 1 is 1.13 bits per heavy atom. The van der Waals surface area contributed by atoms with Gasteiger partial charge in [0.05, 0.1) is 5.69 Å². The number of hydrogen-bond donors (Lipinski definition) is 3. The van der Waals surface area contributed by atoms with Gasteiger partial charge in [0.15, 0.2) is 10.8 Å². The summed E-state index contributed by atoms with van der Waals surface area (Å²) in [6.45, 7) is 1.62. The number of H-pyrrole nitrogens is 1. The van der Waals surface area contributed by atoms with Crippen LogP contribution in [-0.4, -0.2) is 27.6 Å². The Kier molecular flexibility index (Phi) is 4.13. The van der Waals surface area contributed by atoms with Gasteiger partial charge in [0.25, 0.3) is 5.91 Å². The van der Waals surface area contributed by atoms with Gasteiger partial charge in [-0.1, -0.05) is 12.8 Å². The molecule has 0 unspecified atom stereocenters. The van der Waals surface area contributed by atoms with E-state index in [0.29, 0.717) is 17.4 Å². The van der Waals surface area contributed by atoms with Crippen molar-refractivity contribution in [3.8, 4) is 0 Å². The third kappa shape index (κ3) is 3.03. The first-order valence-corrected chi connectivity index (χ1v) is 9.19. The van der Waals surface area contributed by atoms with Gasteiger partial charge in [-0.05, 0) is 25.7 Å². The number of carbonyl (C=O) groups is 1. The minimum Gasteiger partial charge on any atom is -0.312 e. The van der Waals surface area contributed by atoms with Crippen molar-refractivity contribution in [1.29, 1.82) is 0 Å². The highest BCUT2D eigenvalue weighted by molar-refractivity contribution is 7.15. The van der Waals surface area contributed by atoms with Crippen molar-refractivity contribution in [3.05, 3.63) is 27.5 Å². The number of thiazole rings is 1.